The average molecular weight is 374 g/mol. The van der Waals surface area contributed by atoms with Crippen LogP contribution in [0.1, 0.15) is 16.7 Å². The number of fused-ring (bicyclic) bond motifs is 1. The number of hydrazone groups is 1. The van der Waals surface area contributed by atoms with Crippen LogP contribution in [-0.2, 0) is 10.0 Å². The lowest BCUT2D eigenvalue weighted by Gasteiger charge is -2.05. The second-order valence-electron chi connectivity index (χ2n) is 5.73. The van der Waals surface area contributed by atoms with Crippen LogP contribution in [0, 0.1) is 13.8 Å². The van der Waals surface area contributed by atoms with E-state index < -0.39 is 10.0 Å². The quantitative estimate of drug-likeness (QED) is 0.429. The number of sulfonamides is 1. The van der Waals surface area contributed by atoms with E-state index in [1.54, 1.807) is 12.1 Å². The van der Waals surface area contributed by atoms with Crippen molar-refractivity contribution in [1.29, 1.82) is 0 Å². The van der Waals surface area contributed by atoms with Gasteiger partial charge in [-0.2, -0.15) is 13.5 Å². The lowest BCUT2D eigenvalue weighted by Crippen LogP contribution is -2.18. The van der Waals surface area contributed by atoms with Gasteiger partial charge in [0, 0.05) is 10.9 Å². The van der Waals surface area contributed by atoms with Gasteiger partial charge in [0.1, 0.15) is 5.15 Å². The van der Waals surface area contributed by atoms with Crippen LogP contribution < -0.4 is 4.83 Å². The van der Waals surface area contributed by atoms with Gasteiger partial charge in [-0.25, -0.2) is 9.82 Å². The van der Waals surface area contributed by atoms with Gasteiger partial charge < -0.3 is 0 Å². The lowest BCUT2D eigenvalue weighted by atomic mass is 10.1. The van der Waals surface area contributed by atoms with Crippen molar-refractivity contribution in [3.8, 4) is 0 Å². The molecular formula is C18H16ClN3O2S. The van der Waals surface area contributed by atoms with Crippen molar-refractivity contribution in [2.45, 2.75) is 18.7 Å². The summed E-state index contributed by atoms with van der Waals surface area (Å²) in [5.41, 5.74) is 3.38. The molecule has 0 aliphatic rings. The van der Waals surface area contributed by atoms with Gasteiger partial charge in [-0.1, -0.05) is 41.4 Å². The van der Waals surface area contributed by atoms with Crippen LogP contribution in [0.25, 0.3) is 10.9 Å². The molecule has 0 aliphatic heterocycles. The maximum atomic E-state index is 12.2. The molecule has 0 aliphatic carbocycles. The minimum absolute atomic E-state index is 0.147. The molecule has 0 atom stereocenters. The number of aryl methyl sites for hydroxylation is 2. The molecule has 0 fully saturated rings. The van der Waals surface area contributed by atoms with Crippen molar-refractivity contribution in [3.63, 3.8) is 0 Å². The first-order valence-electron chi connectivity index (χ1n) is 7.54. The van der Waals surface area contributed by atoms with Gasteiger partial charge in [0.2, 0.25) is 0 Å². The largest absolute Gasteiger partial charge is 0.276 e. The third kappa shape index (κ3) is 3.97. The standard InChI is InChI=1S/C18H16ClN3O2S/c1-12-4-7-16(8-5-12)25(23,24)22-20-11-15-10-14-6-3-13(2)9-17(14)21-18(15)19/h3-11,22H,1-2H3/b20-11+. The predicted octanol–water partition coefficient (Wildman–Crippen LogP) is 3.82. The average Bonchev–Trinajstić information content (AvgIpc) is 2.56. The highest BCUT2D eigenvalue weighted by atomic mass is 35.5. The monoisotopic (exact) mass is 373 g/mol. The van der Waals surface area contributed by atoms with E-state index in [0.717, 1.165) is 22.0 Å². The molecule has 7 heteroatoms. The van der Waals surface area contributed by atoms with Crippen LogP contribution >= 0.6 is 11.6 Å². The fraction of sp³-hybridized carbons (Fsp3) is 0.111. The molecule has 3 aromatic rings. The highest BCUT2D eigenvalue weighted by Crippen LogP contribution is 2.20. The Bertz CT molecular complexity index is 1060. The number of nitrogens with zero attached hydrogens (tertiary/aromatic N) is 2. The molecule has 5 nitrogen and oxygen atoms in total. The molecule has 0 unspecified atom stereocenters. The van der Waals surface area contributed by atoms with E-state index >= 15 is 0 Å². The van der Waals surface area contributed by atoms with Crippen LogP contribution in [0.2, 0.25) is 5.15 Å². The third-order valence-corrected chi connectivity index (χ3v) is 5.20. The van der Waals surface area contributed by atoms with Crippen LogP contribution in [-0.4, -0.2) is 19.6 Å². The summed E-state index contributed by atoms with van der Waals surface area (Å²) in [4.78, 5) is 6.65. The molecule has 1 aromatic heterocycles. The molecule has 0 saturated heterocycles. The van der Waals surface area contributed by atoms with Crippen molar-refractivity contribution in [3.05, 3.63) is 70.4 Å². The fourth-order valence-electron chi connectivity index (χ4n) is 2.30. The molecule has 0 amide bonds. The Morgan fingerprint density at radius 2 is 1.72 bits per heavy atom. The Morgan fingerprint density at radius 3 is 2.44 bits per heavy atom. The number of halogens is 1. The molecule has 0 bridgehead atoms. The maximum Gasteiger partial charge on any atom is 0.276 e. The van der Waals surface area contributed by atoms with E-state index in [-0.39, 0.29) is 10.0 Å². The summed E-state index contributed by atoms with van der Waals surface area (Å²) in [5.74, 6) is 0. The van der Waals surface area contributed by atoms with Crippen LogP contribution in [0.15, 0.2) is 58.5 Å². The van der Waals surface area contributed by atoms with E-state index in [0.29, 0.717) is 5.56 Å². The summed E-state index contributed by atoms with van der Waals surface area (Å²) in [6, 6.07) is 14.2. The summed E-state index contributed by atoms with van der Waals surface area (Å²) in [7, 11) is -3.72. The van der Waals surface area contributed by atoms with E-state index in [2.05, 4.69) is 14.9 Å². The van der Waals surface area contributed by atoms with Crippen molar-refractivity contribution in [2.75, 3.05) is 0 Å². The number of aromatic nitrogens is 1. The smallest absolute Gasteiger partial charge is 0.235 e. The zero-order chi connectivity index (χ0) is 18.0. The van der Waals surface area contributed by atoms with Crippen molar-refractivity contribution in [1.82, 2.24) is 9.82 Å². The van der Waals surface area contributed by atoms with Gasteiger partial charge in [0.25, 0.3) is 10.0 Å². The summed E-state index contributed by atoms with van der Waals surface area (Å²) in [5, 5.41) is 4.97. The number of benzene rings is 2. The molecule has 0 saturated carbocycles. The first kappa shape index (κ1) is 17.4. The fourth-order valence-corrected chi connectivity index (χ4v) is 3.28. The molecular weight excluding hydrogens is 358 g/mol. The molecule has 3 rings (SSSR count). The Balaban J connectivity index is 1.84. The molecule has 128 valence electrons. The first-order chi connectivity index (χ1) is 11.8. The van der Waals surface area contributed by atoms with E-state index in [1.807, 2.05) is 38.1 Å². The van der Waals surface area contributed by atoms with Crippen molar-refractivity contribution in [2.24, 2.45) is 5.10 Å². The second kappa shape index (κ2) is 6.82. The molecule has 0 radical (unpaired) electrons. The normalized spacial score (nSPS) is 12.0. The molecule has 2 aromatic carbocycles. The van der Waals surface area contributed by atoms with Gasteiger partial charge in [-0.15, -0.1) is 0 Å². The van der Waals surface area contributed by atoms with Gasteiger partial charge in [0.05, 0.1) is 16.6 Å². The molecule has 0 spiro atoms. The summed E-state index contributed by atoms with van der Waals surface area (Å²) < 4.78 is 24.4. The van der Waals surface area contributed by atoms with E-state index in [4.69, 9.17) is 11.6 Å². The highest BCUT2D eigenvalue weighted by molar-refractivity contribution is 7.89. The number of hydrogen-bond acceptors (Lipinski definition) is 4. The number of nitrogens with one attached hydrogen (secondary N) is 1. The van der Waals surface area contributed by atoms with Gasteiger partial charge >= 0.3 is 0 Å². The SMILES string of the molecule is Cc1ccc(S(=O)(=O)N/N=C/c2cc3ccc(C)cc3nc2Cl)cc1. The summed E-state index contributed by atoms with van der Waals surface area (Å²) in [6.07, 6.45) is 1.35. The molecule has 25 heavy (non-hydrogen) atoms. The Morgan fingerprint density at radius 1 is 1.04 bits per heavy atom. The summed E-state index contributed by atoms with van der Waals surface area (Å²) in [6.45, 7) is 3.86. The minimum atomic E-state index is -3.72. The second-order valence-corrected chi connectivity index (χ2v) is 7.75. The number of rotatable bonds is 4. The maximum absolute atomic E-state index is 12.2. The van der Waals surface area contributed by atoms with Gasteiger partial charge in [0.15, 0.2) is 0 Å². The van der Waals surface area contributed by atoms with Crippen molar-refractivity contribution >= 4 is 38.7 Å². The van der Waals surface area contributed by atoms with Crippen LogP contribution in [0.5, 0.6) is 0 Å². The molecule has 1 N–H and O–H groups in total. The molecule has 1 heterocycles. The Hall–Kier alpha value is -2.44. The minimum Gasteiger partial charge on any atom is -0.235 e. The third-order valence-electron chi connectivity index (χ3n) is 3.66. The highest BCUT2D eigenvalue weighted by Gasteiger charge is 2.12. The number of pyridine rings is 1. The summed E-state index contributed by atoms with van der Waals surface area (Å²) >= 11 is 6.16. The van der Waals surface area contributed by atoms with E-state index in [9.17, 15) is 8.42 Å². The Kier molecular flexibility index (Phi) is 4.74. The number of hydrogen-bond donors (Lipinski definition) is 1. The lowest BCUT2D eigenvalue weighted by molar-refractivity contribution is 0.584. The topological polar surface area (TPSA) is 71.4 Å². The van der Waals surface area contributed by atoms with Crippen molar-refractivity contribution < 1.29 is 8.42 Å². The van der Waals surface area contributed by atoms with Gasteiger partial charge in [-0.3, -0.25) is 0 Å². The zero-order valence-electron chi connectivity index (χ0n) is 13.7. The Labute approximate surface area is 151 Å². The van der Waals surface area contributed by atoms with Gasteiger partial charge in [-0.05, 0) is 43.7 Å². The van der Waals surface area contributed by atoms with Crippen LogP contribution in [0.4, 0.5) is 0 Å². The predicted molar refractivity (Wildman–Crippen MR) is 101 cm³/mol. The van der Waals surface area contributed by atoms with Crippen LogP contribution in [0.3, 0.4) is 0 Å². The van der Waals surface area contributed by atoms with E-state index in [1.165, 1.54) is 18.3 Å². The zero-order valence-corrected chi connectivity index (χ0v) is 15.3. The first-order valence-corrected chi connectivity index (χ1v) is 9.40.